The largest absolute Gasteiger partial charge is 0.472 e. The van der Waals surface area contributed by atoms with Gasteiger partial charge in [0.2, 0.25) is 0 Å². The number of phosphoric acid groups is 1. The molecule has 0 saturated carbocycles. The molecule has 17 nitrogen and oxygen atoms in total. The summed E-state index contributed by atoms with van der Waals surface area (Å²) < 4.78 is 66.6. The number of imidazole rings is 2. The minimum Gasteiger partial charge on any atom is -0.394 e. The number of pyridine rings is 1. The Bertz CT molecular complexity index is 1690. The lowest BCUT2D eigenvalue weighted by Gasteiger charge is -2.24. The van der Waals surface area contributed by atoms with Crippen molar-refractivity contribution in [2.45, 2.75) is 49.2 Å². The monoisotopic (exact) mass is 600 g/mol. The number of hydrogen-bond donors (Lipinski definition) is 5. The predicted octanol–water partition coefficient (Wildman–Crippen LogP) is -0.527. The summed E-state index contributed by atoms with van der Waals surface area (Å²) in [5.74, 6) is 0.0419. The lowest BCUT2D eigenvalue weighted by Crippen LogP contribution is -2.33. The minimum absolute atomic E-state index is 0.0105. The van der Waals surface area contributed by atoms with Crippen LogP contribution in [0.15, 0.2) is 36.0 Å². The molecule has 9 atom stereocenters. The smallest absolute Gasteiger partial charge is 0.394 e. The number of ether oxygens (including phenoxy) is 2. The van der Waals surface area contributed by atoms with Gasteiger partial charge in [0, 0.05) is 6.20 Å². The van der Waals surface area contributed by atoms with Crippen LogP contribution in [0.3, 0.4) is 0 Å². The van der Waals surface area contributed by atoms with E-state index in [2.05, 4.69) is 24.9 Å². The summed E-state index contributed by atoms with van der Waals surface area (Å²) in [5.41, 5.74) is 5.71. The molecule has 0 bridgehead atoms. The zero-order valence-electron chi connectivity index (χ0n) is 20.7. The van der Waals surface area contributed by atoms with Crippen LogP contribution in [0.4, 0.5) is 14.6 Å². The molecule has 0 aliphatic carbocycles. The predicted molar refractivity (Wildman–Crippen MR) is 131 cm³/mol. The molecule has 220 valence electrons. The van der Waals surface area contributed by atoms with E-state index in [1.54, 1.807) is 0 Å². The van der Waals surface area contributed by atoms with Crippen molar-refractivity contribution >= 4 is 35.8 Å². The lowest BCUT2D eigenvalue weighted by molar-refractivity contribution is -0.0599. The third-order valence-corrected chi connectivity index (χ3v) is 7.82. The first-order valence-electron chi connectivity index (χ1n) is 12.1. The van der Waals surface area contributed by atoms with E-state index in [-0.39, 0.29) is 28.0 Å². The van der Waals surface area contributed by atoms with Crippen LogP contribution in [-0.4, -0.2) is 99.1 Å². The zero-order valence-corrected chi connectivity index (χ0v) is 21.6. The van der Waals surface area contributed by atoms with Crippen LogP contribution in [0.25, 0.3) is 22.2 Å². The molecule has 6 heterocycles. The number of alkyl halides is 2. The van der Waals surface area contributed by atoms with Gasteiger partial charge >= 0.3 is 7.82 Å². The number of nitrogens with two attached hydrogens (primary N) is 1. The second-order valence-electron chi connectivity index (χ2n) is 9.30. The van der Waals surface area contributed by atoms with E-state index in [9.17, 15) is 24.5 Å². The number of fused-ring (bicyclic) bond motifs is 2. The molecule has 0 aromatic carbocycles. The number of H-pyrrole nitrogens is 1. The Morgan fingerprint density at radius 2 is 1.80 bits per heavy atom. The maximum atomic E-state index is 15.2. The fraction of sp³-hybridized carbons (Fsp3) is 0.476. The third kappa shape index (κ3) is 4.79. The van der Waals surface area contributed by atoms with Crippen LogP contribution < -0.4 is 11.3 Å². The molecule has 0 radical (unpaired) electrons. The molecule has 2 saturated heterocycles. The summed E-state index contributed by atoms with van der Waals surface area (Å²) >= 11 is 0. The van der Waals surface area contributed by atoms with Crippen molar-refractivity contribution in [3.8, 4) is 0 Å². The van der Waals surface area contributed by atoms with Crippen LogP contribution in [0, 0.1) is 0 Å². The van der Waals surface area contributed by atoms with Gasteiger partial charge in [-0.3, -0.25) is 18.4 Å². The Morgan fingerprint density at radius 3 is 2.59 bits per heavy atom. The topological polar surface area (TPSA) is 235 Å². The SMILES string of the molecule is Nc1ncnc2c1ncn2[C@@H]1O[C@H](COP(=O)(O)O[C@@H]2[C@@H](F)[C@@H](CO)O[C@H]2n2cnc3c(=O)[nH]ccc32)[C@@H](O)[C@@H]1F. The van der Waals surface area contributed by atoms with Gasteiger partial charge in [-0.1, -0.05) is 0 Å². The molecular formula is C21H23F2N8O9P. The molecule has 0 amide bonds. The number of aromatic amines is 1. The molecule has 6 N–H and O–H groups in total. The van der Waals surface area contributed by atoms with Crippen LogP contribution in [0.2, 0.25) is 0 Å². The summed E-state index contributed by atoms with van der Waals surface area (Å²) in [7, 11) is -5.12. The van der Waals surface area contributed by atoms with E-state index < -0.39 is 75.8 Å². The van der Waals surface area contributed by atoms with E-state index in [1.807, 2.05) is 0 Å². The molecule has 0 spiro atoms. The van der Waals surface area contributed by atoms with Crippen molar-refractivity contribution in [1.29, 1.82) is 0 Å². The average molecular weight is 600 g/mol. The second-order valence-corrected chi connectivity index (χ2v) is 10.7. The van der Waals surface area contributed by atoms with Gasteiger partial charge in [0.15, 0.2) is 41.8 Å². The van der Waals surface area contributed by atoms with E-state index in [4.69, 9.17) is 24.3 Å². The first-order valence-corrected chi connectivity index (χ1v) is 13.6. The highest BCUT2D eigenvalue weighted by Gasteiger charge is 2.51. The molecule has 1 unspecified atom stereocenters. The Labute approximate surface area is 227 Å². The molecule has 4 aromatic heterocycles. The molecule has 20 heteroatoms. The lowest BCUT2D eigenvalue weighted by atomic mass is 10.1. The number of aliphatic hydroxyl groups is 2. The zero-order chi connectivity index (χ0) is 29.1. The van der Waals surface area contributed by atoms with Crippen molar-refractivity contribution in [3.63, 3.8) is 0 Å². The summed E-state index contributed by atoms with van der Waals surface area (Å²) in [6, 6.07) is 1.45. The van der Waals surface area contributed by atoms with Gasteiger partial charge in [0.25, 0.3) is 5.56 Å². The van der Waals surface area contributed by atoms with Gasteiger partial charge in [-0.2, -0.15) is 0 Å². The van der Waals surface area contributed by atoms with Gasteiger partial charge in [0.05, 0.1) is 31.4 Å². The number of nitrogens with one attached hydrogen (secondary N) is 1. The van der Waals surface area contributed by atoms with E-state index in [0.717, 1.165) is 12.7 Å². The number of halogens is 2. The average Bonchev–Trinajstić information content (AvgIpc) is 3.70. The van der Waals surface area contributed by atoms with Gasteiger partial charge in [-0.25, -0.2) is 33.3 Å². The van der Waals surface area contributed by atoms with Gasteiger partial charge in [-0.15, -0.1) is 0 Å². The van der Waals surface area contributed by atoms with E-state index in [0.29, 0.717) is 0 Å². The number of nitrogen functional groups attached to an aromatic ring is 1. The highest BCUT2D eigenvalue weighted by atomic mass is 31.2. The van der Waals surface area contributed by atoms with Crippen LogP contribution >= 0.6 is 7.82 Å². The highest BCUT2D eigenvalue weighted by Crippen LogP contribution is 2.50. The van der Waals surface area contributed by atoms with Crippen LogP contribution in [0.1, 0.15) is 12.5 Å². The highest BCUT2D eigenvalue weighted by molar-refractivity contribution is 7.47. The van der Waals surface area contributed by atoms with Gasteiger partial charge in [-0.05, 0) is 6.07 Å². The molecular weight excluding hydrogens is 577 g/mol. The number of hydrogen-bond acceptors (Lipinski definition) is 13. The van der Waals surface area contributed by atoms with Crippen molar-refractivity contribution in [1.82, 2.24) is 34.1 Å². The molecule has 41 heavy (non-hydrogen) atoms. The normalized spacial score (nSPS) is 31.7. The minimum atomic E-state index is -5.12. The Hall–Kier alpha value is -3.42. The fourth-order valence-electron chi connectivity index (χ4n) is 4.83. The summed E-state index contributed by atoms with van der Waals surface area (Å²) in [5, 5.41) is 19.9. The fourth-order valence-corrected chi connectivity index (χ4v) is 5.75. The number of aliphatic hydroxyl groups excluding tert-OH is 2. The van der Waals surface area contributed by atoms with Crippen molar-refractivity contribution < 1.29 is 47.0 Å². The molecule has 2 fully saturated rings. The van der Waals surface area contributed by atoms with E-state index in [1.165, 1.54) is 27.7 Å². The maximum absolute atomic E-state index is 15.2. The molecule has 2 aliphatic rings. The number of anilines is 1. The third-order valence-electron chi connectivity index (χ3n) is 6.83. The number of rotatable bonds is 8. The Kier molecular flexibility index (Phi) is 7.07. The Balaban J connectivity index is 1.18. The van der Waals surface area contributed by atoms with Crippen LogP contribution in [0.5, 0.6) is 0 Å². The summed E-state index contributed by atoms with van der Waals surface area (Å²) in [6.45, 7) is -1.63. The van der Waals surface area contributed by atoms with Crippen molar-refractivity contribution in [3.05, 3.63) is 41.6 Å². The van der Waals surface area contributed by atoms with Crippen molar-refractivity contribution in [2.75, 3.05) is 18.9 Å². The summed E-state index contributed by atoms with van der Waals surface area (Å²) in [6.07, 6.45) is -8.72. The summed E-state index contributed by atoms with van der Waals surface area (Å²) in [4.78, 5) is 40.7. The quantitative estimate of drug-likeness (QED) is 0.160. The first-order chi connectivity index (χ1) is 19.6. The van der Waals surface area contributed by atoms with Gasteiger partial charge < -0.3 is 39.9 Å². The molecule has 4 aromatic rings. The number of aromatic nitrogens is 7. The van der Waals surface area contributed by atoms with Crippen molar-refractivity contribution in [2.24, 2.45) is 0 Å². The second kappa shape index (κ2) is 10.4. The number of nitrogens with zero attached hydrogens (tertiary/aromatic N) is 6. The van der Waals surface area contributed by atoms with Crippen LogP contribution in [-0.2, 0) is 23.1 Å². The Morgan fingerprint density at radius 1 is 1.07 bits per heavy atom. The molecule has 6 rings (SSSR count). The standard InChI is InChI=1S/C21H23F2N8O9P/c22-11-9(3-32)38-21(30-6-28-13-8(30)1-2-25-19(13)34)16(11)40-41(35,36)37-4-10-15(33)12(23)20(39-10)31-7-29-14-17(24)26-5-27-18(14)31/h1-2,5-7,9-12,15-16,20-21,32-33H,3-4H2,(H,25,34)(H,35,36)(H2,24,26,27)/t9-,10-,11+,12+,15-,16-,20-,21-/m1/s1. The van der Waals surface area contributed by atoms with Gasteiger partial charge in [0.1, 0.15) is 36.3 Å². The molecule has 2 aliphatic heterocycles. The number of phosphoric ester groups is 1. The maximum Gasteiger partial charge on any atom is 0.472 e. The van der Waals surface area contributed by atoms with E-state index >= 15 is 8.78 Å². The first kappa shape index (κ1) is 27.7.